The van der Waals surface area contributed by atoms with Crippen molar-refractivity contribution in [3.05, 3.63) is 25.1 Å². The molecule has 1 saturated heterocycles. The summed E-state index contributed by atoms with van der Waals surface area (Å²) in [4.78, 5) is 12.1. The maximum absolute atomic E-state index is 10.8. The molecule has 4 heterocycles. The molecule has 138 valence electrons. The maximum atomic E-state index is 10.8. The minimum Gasteiger partial charge on any atom is -0.443 e. The van der Waals surface area contributed by atoms with E-state index in [0.29, 0.717) is 22.4 Å². The van der Waals surface area contributed by atoms with Crippen LogP contribution in [0.4, 0.5) is 5.82 Å². The largest absolute Gasteiger partial charge is 0.443 e. The van der Waals surface area contributed by atoms with Gasteiger partial charge in [0.25, 0.3) is 0 Å². The quantitative estimate of drug-likeness (QED) is 0.396. The summed E-state index contributed by atoms with van der Waals surface area (Å²) in [7, 11) is 0. The van der Waals surface area contributed by atoms with Gasteiger partial charge in [-0.3, -0.25) is 10.7 Å². The van der Waals surface area contributed by atoms with Gasteiger partial charge < -0.3 is 29.0 Å². The van der Waals surface area contributed by atoms with Gasteiger partial charge >= 0.3 is 0 Å². The second-order valence-electron chi connectivity index (χ2n) is 6.23. The molecule has 0 radical (unpaired) electrons. The highest BCUT2D eigenvalue weighted by Gasteiger charge is 2.53. The van der Waals surface area contributed by atoms with Gasteiger partial charge in [0.05, 0.1) is 23.8 Å². The SMILES string of the molecule is C[C@]1(O)C(n2cc(-c3cnco3)c3c(NO)ncnc32)OC(CO)[C@H]1O. The number of aliphatic hydroxyl groups is 3. The Bertz CT molecular complexity index is 924. The minimum atomic E-state index is -1.70. The van der Waals surface area contributed by atoms with E-state index in [4.69, 9.17) is 9.15 Å². The molecule has 4 atom stereocenters. The van der Waals surface area contributed by atoms with E-state index in [9.17, 15) is 20.5 Å². The van der Waals surface area contributed by atoms with Crippen molar-refractivity contribution in [1.82, 2.24) is 19.5 Å². The fraction of sp³-hybridized carbons (Fsp3) is 0.400. The van der Waals surface area contributed by atoms with Crippen LogP contribution in [0.15, 0.2) is 29.5 Å². The number of hydrogen-bond acceptors (Lipinski definition) is 10. The highest BCUT2D eigenvalue weighted by molar-refractivity contribution is 6.00. The number of aliphatic hydroxyl groups excluding tert-OH is 2. The number of oxazole rings is 1. The molecular weight excluding hydrogens is 346 g/mol. The van der Waals surface area contributed by atoms with Crippen LogP contribution in [-0.2, 0) is 4.74 Å². The third kappa shape index (κ3) is 2.29. The zero-order valence-corrected chi connectivity index (χ0v) is 13.6. The van der Waals surface area contributed by atoms with E-state index in [0.717, 1.165) is 0 Å². The number of aromatic nitrogens is 4. The van der Waals surface area contributed by atoms with Gasteiger partial charge in [0.1, 0.15) is 29.8 Å². The minimum absolute atomic E-state index is 0.122. The second kappa shape index (κ2) is 6.00. The Kier molecular flexibility index (Phi) is 3.89. The van der Waals surface area contributed by atoms with Gasteiger partial charge in [-0.25, -0.2) is 15.0 Å². The third-order valence-electron chi connectivity index (χ3n) is 4.60. The molecule has 2 unspecified atom stereocenters. The van der Waals surface area contributed by atoms with E-state index in [1.54, 1.807) is 6.20 Å². The summed E-state index contributed by atoms with van der Waals surface area (Å²) >= 11 is 0. The first-order valence-electron chi connectivity index (χ1n) is 7.80. The summed E-state index contributed by atoms with van der Waals surface area (Å²) < 4.78 is 12.5. The molecule has 0 saturated carbocycles. The van der Waals surface area contributed by atoms with Crippen LogP contribution < -0.4 is 5.48 Å². The molecule has 4 rings (SSSR count). The van der Waals surface area contributed by atoms with Crippen molar-refractivity contribution in [1.29, 1.82) is 0 Å². The molecule has 3 aromatic heterocycles. The summed E-state index contributed by atoms with van der Waals surface area (Å²) in [5, 5.41) is 40.2. The van der Waals surface area contributed by atoms with Gasteiger partial charge in [0.15, 0.2) is 24.2 Å². The molecule has 5 N–H and O–H groups in total. The van der Waals surface area contributed by atoms with Gasteiger partial charge in [-0.2, -0.15) is 0 Å². The lowest BCUT2D eigenvalue weighted by atomic mass is 9.96. The molecule has 0 aromatic carbocycles. The Morgan fingerprint density at radius 2 is 2.19 bits per heavy atom. The zero-order valence-electron chi connectivity index (χ0n) is 13.6. The first-order chi connectivity index (χ1) is 12.5. The molecule has 1 fully saturated rings. The van der Waals surface area contributed by atoms with Crippen molar-refractivity contribution >= 4 is 16.9 Å². The highest BCUT2D eigenvalue weighted by Crippen LogP contribution is 2.42. The summed E-state index contributed by atoms with van der Waals surface area (Å²) in [6.07, 6.45) is 2.24. The summed E-state index contributed by atoms with van der Waals surface area (Å²) in [5.74, 6) is 0.508. The van der Waals surface area contributed by atoms with Gasteiger partial charge in [-0.05, 0) is 6.92 Å². The summed E-state index contributed by atoms with van der Waals surface area (Å²) in [6.45, 7) is 0.949. The molecule has 1 aliphatic rings. The van der Waals surface area contributed by atoms with Gasteiger partial charge in [0.2, 0.25) is 0 Å². The Hall–Kier alpha value is -2.57. The molecule has 26 heavy (non-hydrogen) atoms. The third-order valence-corrected chi connectivity index (χ3v) is 4.60. The average molecular weight is 363 g/mol. The molecule has 0 bridgehead atoms. The van der Waals surface area contributed by atoms with Gasteiger partial charge in [-0.15, -0.1) is 0 Å². The van der Waals surface area contributed by atoms with Crippen LogP contribution in [0.1, 0.15) is 13.2 Å². The molecule has 0 aliphatic carbocycles. The molecule has 0 spiro atoms. The maximum Gasteiger partial charge on any atom is 0.181 e. The van der Waals surface area contributed by atoms with Crippen molar-refractivity contribution in [3.63, 3.8) is 0 Å². The van der Waals surface area contributed by atoms with Crippen molar-refractivity contribution < 1.29 is 29.7 Å². The van der Waals surface area contributed by atoms with E-state index in [2.05, 4.69) is 15.0 Å². The van der Waals surface area contributed by atoms with E-state index in [1.807, 2.05) is 5.48 Å². The Morgan fingerprint density at radius 1 is 1.38 bits per heavy atom. The Labute approximate surface area is 146 Å². The monoisotopic (exact) mass is 363 g/mol. The fourth-order valence-corrected chi connectivity index (χ4v) is 3.27. The van der Waals surface area contributed by atoms with Crippen molar-refractivity contribution in [2.75, 3.05) is 12.1 Å². The Morgan fingerprint density at radius 3 is 2.81 bits per heavy atom. The van der Waals surface area contributed by atoms with E-state index in [-0.39, 0.29) is 5.82 Å². The van der Waals surface area contributed by atoms with Crippen molar-refractivity contribution in [2.24, 2.45) is 0 Å². The predicted octanol–water partition coefficient (Wildman–Crippen LogP) is -0.111. The normalized spacial score (nSPS) is 28.7. The highest BCUT2D eigenvalue weighted by atomic mass is 16.6. The summed E-state index contributed by atoms with van der Waals surface area (Å²) in [5.41, 5.74) is 1.12. The molecule has 3 aromatic rings. The molecule has 11 nitrogen and oxygen atoms in total. The van der Waals surface area contributed by atoms with Crippen LogP contribution >= 0.6 is 0 Å². The average Bonchev–Trinajstić information content (AvgIpc) is 3.33. The van der Waals surface area contributed by atoms with E-state index >= 15 is 0 Å². The summed E-state index contributed by atoms with van der Waals surface area (Å²) in [6, 6.07) is 0. The van der Waals surface area contributed by atoms with Crippen molar-refractivity contribution in [2.45, 2.75) is 31.0 Å². The number of hydrogen-bond donors (Lipinski definition) is 5. The lowest BCUT2D eigenvalue weighted by Crippen LogP contribution is -2.44. The first-order valence-corrected chi connectivity index (χ1v) is 7.80. The van der Waals surface area contributed by atoms with Crippen molar-refractivity contribution in [3.8, 4) is 11.3 Å². The number of anilines is 1. The standard InChI is InChI=1S/C15H17N5O6/c1-15(23)11(22)9(4-21)26-14(15)20-3-7(8-2-16-6-25-8)10-12(19-24)17-5-18-13(10)20/h2-3,5-6,9,11,14,21-24H,4H2,1H3,(H,17,18,19)/t9?,11-,14?,15-/m1/s1. The fourth-order valence-electron chi connectivity index (χ4n) is 3.27. The number of nitrogens with zero attached hydrogens (tertiary/aromatic N) is 4. The lowest BCUT2D eigenvalue weighted by Gasteiger charge is -2.27. The number of nitrogens with one attached hydrogen (secondary N) is 1. The second-order valence-corrected chi connectivity index (χ2v) is 6.23. The topological polar surface area (TPSA) is 159 Å². The molecule has 11 heteroatoms. The van der Waals surface area contributed by atoms with E-state index < -0.39 is 30.6 Å². The van der Waals surface area contributed by atoms with Crippen LogP contribution in [0, 0.1) is 0 Å². The molecule has 1 aliphatic heterocycles. The van der Waals surface area contributed by atoms with Crippen LogP contribution in [-0.4, -0.2) is 64.5 Å². The first kappa shape index (κ1) is 16.9. The van der Waals surface area contributed by atoms with Crippen LogP contribution in [0.5, 0.6) is 0 Å². The number of ether oxygens (including phenoxy) is 1. The zero-order chi connectivity index (χ0) is 18.5. The lowest BCUT2D eigenvalue weighted by molar-refractivity contribution is -0.0948. The van der Waals surface area contributed by atoms with Crippen LogP contribution in [0.25, 0.3) is 22.4 Å². The number of fused-ring (bicyclic) bond motifs is 1. The predicted molar refractivity (Wildman–Crippen MR) is 86.1 cm³/mol. The van der Waals surface area contributed by atoms with Crippen LogP contribution in [0.3, 0.4) is 0 Å². The molecule has 0 amide bonds. The van der Waals surface area contributed by atoms with Crippen LogP contribution in [0.2, 0.25) is 0 Å². The number of rotatable bonds is 4. The smallest absolute Gasteiger partial charge is 0.181 e. The van der Waals surface area contributed by atoms with E-state index in [1.165, 1.54) is 30.4 Å². The van der Waals surface area contributed by atoms with Gasteiger partial charge in [0, 0.05) is 6.20 Å². The Balaban J connectivity index is 1.95. The molecular formula is C15H17N5O6. The van der Waals surface area contributed by atoms with Gasteiger partial charge in [-0.1, -0.05) is 0 Å².